The average Bonchev–Trinajstić information content (AvgIpc) is 2.77. The molecule has 0 aliphatic heterocycles. The number of amides is 2. The number of carbonyl (C=O) groups is 2. The van der Waals surface area contributed by atoms with Gasteiger partial charge in [-0.1, -0.05) is 18.2 Å². The molecule has 0 unspecified atom stereocenters. The van der Waals surface area contributed by atoms with E-state index in [0.29, 0.717) is 12.3 Å². The number of ether oxygens (including phenoxy) is 1. The Balaban J connectivity index is 1.51. The number of pyridine rings is 1. The van der Waals surface area contributed by atoms with Crippen LogP contribution in [0, 0.1) is 0 Å². The smallest absolute Gasteiger partial charge is 0.248 e. The van der Waals surface area contributed by atoms with Crippen molar-refractivity contribution >= 4 is 29.3 Å². The number of anilines is 2. The van der Waals surface area contributed by atoms with Crippen LogP contribution in [-0.2, 0) is 16.2 Å². The number of rotatable bonds is 7. The molecule has 3 rings (SSSR count). The second-order valence-electron chi connectivity index (χ2n) is 6.63. The van der Waals surface area contributed by atoms with E-state index >= 15 is 0 Å². The van der Waals surface area contributed by atoms with Gasteiger partial charge in [0, 0.05) is 37.6 Å². The Kier molecular flexibility index (Phi) is 6.95. The van der Waals surface area contributed by atoms with E-state index in [2.05, 4.69) is 10.3 Å². The minimum absolute atomic E-state index is 0.0529. The molecule has 6 nitrogen and oxygen atoms in total. The quantitative estimate of drug-likeness (QED) is 0.600. The normalized spacial score (nSPS) is 10.6. The Morgan fingerprint density at radius 3 is 2.40 bits per heavy atom. The molecule has 2 amide bonds. The van der Waals surface area contributed by atoms with Crippen LogP contribution < -0.4 is 15.0 Å². The van der Waals surface area contributed by atoms with Gasteiger partial charge in [0.1, 0.15) is 12.4 Å². The van der Waals surface area contributed by atoms with Crippen molar-refractivity contribution in [2.24, 2.45) is 0 Å². The number of carbonyl (C=O) groups excluding carboxylic acids is 2. The van der Waals surface area contributed by atoms with Gasteiger partial charge in [-0.05, 0) is 60.2 Å². The zero-order valence-corrected chi connectivity index (χ0v) is 16.9. The maximum absolute atomic E-state index is 12.1. The predicted octanol–water partition coefficient (Wildman–Crippen LogP) is 4.30. The molecule has 6 heteroatoms. The van der Waals surface area contributed by atoms with Gasteiger partial charge in [-0.25, -0.2) is 0 Å². The van der Waals surface area contributed by atoms with Crippen LogP contribution in [0.4, 0.5) is 11.4 Å². The van der Waals surface area contributed by atoms with E-state index in [-0.39, 0.29) is 11.8 Å². The summed E-state index contributed by atoms with van der Waals surface area (Å²) in [6.45, 7) is 1.90. The molecule has 1 aromatic heterocycles. The number of nitrogens with one attached hydrogen (secondary N) is 1. The summed E-state index contributed by atoms with van der Waals surface area (Å²) >= 11 is 0. The van der Waals surface area contributed by atoms with Gasteiger partial charge in [0.15, 0.2) is 0 Å². The Morgan fingerprint density at radius 2 is 1.77 bits per heavy atom. The summed E-state index contributed by atoms with van der Waals surface area (Å²) in [5, 5.41) is 2.80. The van der Waals surface area contributed by atoms with Gasteiger partial charge in [0.05, 0.1) is 5.69 Å². The molecule has 0 atom stereocenters. The maximum atomic E-state index is 12.1. The van der Waals surface area contributed by atoms with Gasteiger partial charge in [-0.2, -0.15) is 0 Å². The minimum atomic E-state index is -0.238. The van der Waals surface area contributed by atoms with Crippen LogP contribution in [0.3, 0.4) is 0 Å². The number of hydrogen-bond acceptors (Lipinski definition) is 4. The van der Waals surface area contributed by atoms with Crippen LogP contribution in [-0.4, -0.2) is 23.8 Å². The van der Waals surface area contributed by atoms with E-state index in [1.54, 1.807) is 43.6 Å². The second-order valence-corrected chi connectivity index (χ2v) is 6.63. The van der Waals surface area contributed by atoms with Crippen LogP contribution in [0.15, 0.2) is 79.0 Å². The van der Waals surface area contributed by atoms with Crippen molar-refractivity contribution in [3.05, 3.63) is 90.3 Å². The largest absolute Gasteiger partial charge is 0.487 e. The first-order valence-corrected chi connectivity index (χ1v) is 9.47. The van der Waals surface area contributed by atoms with Gasteiger partial charge < -0.3 is 15.0 Å². The van der Waals surface area contributed by atoms with E-state index in [1.807, 2.05) is 42.5 Å². The van der Waals surface area contributed by atoms with Crippen LogP contribution in [0.1, 0.15) is 18.2 Å². The third kappa shape index (κ3) is 6.04. The highest BCUT2D eigenvalue weighted by molar-refractivity contribution is 6.02. The summed E-state index contributed by atoms with van der Waals surface area (Å²) in [5.41, 5.74) is 3.16. The zero-order chi connectivity index (χ0) is 21.3. The zero-order valence-electron chi connectivity index (χ0n) is 16.9. The molecule has 0 aliphatic carbocycles. The van der Waals surface area contributed by atoms with E-state index in [1.165, 1.54) is 17.9 Å². The van der Waals surface area contributed by atoms with E-state index in [9.17, 15) is 9.59 Å². The highest BCUT2D eigenvalue weighted by Crippen LogP contribution is 2.17. The van der Waals surface area contributed by atoms with Crippen molar-refractivity contribution in [1.82, 2.24) is 4.98 Å². The second kappa shape index (κ2) is 10.0. The fourth-order valence-corrected chi connectivity index (χ4v) is 2.62. The van der Waals surface area contributed by atoms with Crippen LogP contribution >= 0.6 is 0 Å². The third-order valence-corrected chi connectivity index (χ3v) is 4.41. The highest BCUT2D eigenvalue weighted by Gasteiger charge is 2.05. The lowest BCUT2D eigenvalue weighted by atomic mass is 10.2. The molecule has 1 N–H and O–H groups in total. The fourth-order valence-electron chi connectivity index (χ4n) is 2.62. The molecule has 152 valence electrons. The first kappa shape index (κ1) is 20.8. The number of benzene rings is 2. The first-order chi connectivity index (χ1) is 14.5. The Labute approximate surface area is 175 Å². The summed E-state index contributed by atoms with van der Waals surface area (Å²) in [4.78, 5) is 29.3. The summed E-state index contributed by atoms with van der Waals surface area (Å²) in [7, 11) is 1.70. The standard InChI is InChI=1S/C24H23N3O3/c1-18(28)27(2)22-11-9-20(10-12-22)26-24(29)15-8-19-6-13-23(14-7-19)30-17-21-5-3-4-16-25-21/h3-16H,17H2,1-2H3,(H,26,29)/b15-8+. The highest BCUT2D eigenvalue weighted by atomic mass is 16.5. The molecule has 1 heterocycles. The Hall–Kier alpha value is -3.93. The van der Waals surface area contributed by atoms with Crippen LogP contribution in [0.25, 0.3) is 6.08 Å². The lowest BCUT2D eigenvalue weighted by molar-refractivity contribution is -0.116. The molecule has 0 aliphatic rings. The molecule has 3 aromatic rings. The summed E-state index contributed by atoms with van der Waals surface area (Å²) in [6, 6.07) is 20.2. The Bertz CT molecular complexity index is 1010. The molecule has 0 bridgehead atoms. The van der Waals surface area contributed by atoms with E-state index < -0.39 is 0 Å². The fraction of sp³-hybridized carbons (Fsp3) is 0.125. The van der Waals surface area contributed by atoms with Gasteiger partial charge in [-0.15, -0.1) is 0 Å². The topological polar surface area (TPSA) is 71.5 Å². The summed E-state index contributed by atoms with van der Waals surface area (Å²) in [6.07, 6.45) is 4.94. The number of nitrogens with zero attached hydrogens (tertiary/aromatic N) is 2. The minimum Gasteiger partial charge on any atom is -0.487 e. The predicted molar refractivity (Wildman–Crippen MR) is 118 cm³/mol. The van der Waals surface area contributed by atoms with Crippen LogP contribution in [0.5, 0.6) is 5.75 Å². The van der Waals surface area contributed by atoms with Gasteiger partial charge in [0.25, 0.3) is 0 Å². The van der Waals surface area contributed by atoms with E-state index in [0.717, 1.165) is 22.7 Å². The van der Waals surface area contributed by atoms with Gasteiger partial charge >= 0.3 is 0 Å². The van der Waals surface area contributed by atoms with Crippen molar-refractivity contribution in [3.8, 4) is 5.75 Å². The lowest BCUT2D eigenvalue weighted by Crippen LogP contribution is -2.22. The van der Waals surface area contributed by atoms with Crippen molar-refractivity contribution < 1.29 is 14.3 Å². The molecule has 30 heavy (non-hydrogen) atoms. The maximum Gasteiger partial charge on any atom is 0.248 e. The SMILES string of the molecule is CC(=O)N(C)c1ccc(NC(=O)/C=C/c2ccc(OCc3ccccn3)cc2)cc1. The first-order valence-electron chi connectivity index (χ1n) is 9.47. The Morgan fingerprint density at radius 1 is 1.03 bits per heavy atom. The summed E-state index contributed by atoms with van der Waals surface area (Å²) < 4.78 is 5.70. The van der Waals surface area contributed by atoms with E-state index in [4.69, 9.17) is 4.74 Å². The average molecular weight is 401 g/mol. The number of aromatic nitrogens is 1. The van der Waals surface area contributed by atoms with Crippen molar-refractivity contribution in [2.45, 2.75) is 13.5 Å². The van der Waals surface area contributed by atoms with Crippen molar-refractivity contribution in [2.75, 3.05) is 17.3 Å². The molecule has 0 fully saturated rings. The van der Waals surface area contributed by atoms with Crippen molar-refractivity contribution in [1.29, 1.82) is 0 Å². The van der Waals surface area contributed by atoms with Crippen molar-refractivity contribution in [3.63, 3.8) is 0 Å². The molecule has 0 saturated heterocycles. The molecular weight excluding hydrogens is 378 g/mol. The molecule has 0 radical (unpaired) electrons. The molecule has 2 aromatic carbocycles. The monoisotopic (exact) mass is 401 g/mol. The molecule has 0 spiro atoms. The summed E-state index contributed by atoms with van der Waals surface area (Å²) in [5.74, 6) is 0.443. The van der Waals surface area contributed by atoms with Gasteiger partial charge in [-0.3, -0.25) is 14.6 Å². The molecule has 0 saturated carbocycles. The lowest BCUT2D eigenvalue weighted by Gasteiger charge is -2.15. The van der Waals surface area contributed by atoms with Gasteiger partial charge in [0.2, 0.25) is 11.8 Å². The number of hydrogen-bond donors (Lipinski definition) is 1. The van der Waals surface area contributed by atoms with Crippen LogP contribution in [0.2, 0.25) is 0 Å². The molecular formula is C24H23N3O3. The third-order valence-electron chi connectivity index (χ3n) is 4.41.